The number of nitrogens with zero attached hydrogens (tertiary/aromatic N) is 2. The Hall–Kier alpha value is -0.500. The van der Waals surface area contributed by atoms with E-state index in [4.69, 9.17) is 11.6 Å². The SMILES string of the molecule is CCC(CC)(CCl)CCc1ccnn1C. The standard InChI is InChI=1S/C12H21ClN2/c1-4-12(5-2,10-13)8-6-11-7-9-14-15(11)3/h7,9H,4-6,8,10H2,1-3H3. The Morgan fingerprint density at radius 1 is 1.40 bits per heavy atom. The van der Waals surface area contributed by atoms with Crippen molar-refractivity contribution in [2.75, 3.05) is 5.88 Å². The van der Waals surface area contributed by atoms with Gasteiger partial charge >= 0.3 is 0 Å². The minimum Gasteiger partial charge on any atom is -0.273 e. The van der Waals surface area contributed by atoms with Crippen LogP contribution in [0.1, 0.15) is 38.8 Å². The molecule has 0 atom stereocenters. The molecule has 0 spiro atoms. The van der Waals surface area contributed by atoms with Gasteiger partial charge in [0.25, 0.3) is 0 Å². The highest BCUT2D eigenvalue weighted by Crippen LogP contribution is 2.33. The fourth-order valence-corrected chi connectivity index (χ4v) is 2.41. The quantitative estimate of drug-likeness (QED) is 0.683. The van der Waals surface area contributed by atoms with Crippen molar-refractivity contribution in [2.24, 2.45) is 12.5 Å². The molecule has 0 aromatic carbocycles. The number of aryl methyl sites for hydroxylation is 2. The Kier molecular flexibility index (Phi) is 4.65. The zero-order valence-corrected chi connectivity index (χ0v) is 10.7. The average Bonchev–Trinajstić information content (AvgIpc) is 2.67. The summed E-state index contributed by atoms with van der Waals surface area (Å²) in [4.78, 5) is 0. The van der Waals surface area contributed by atoms with E-state index >= 15 is 0 Å². The molecule has 0 bridgehead atoms. The van der Waals surface area contributed by atoms with Gasteiger partial charge in [-0.2, -0.15) is 5.10 Å². The monoisotopic (exact) mass is 228 g/mol. The second-order valence-electron chi connectivity index (χ2n) is 4.29. The van der Waals surface area contributed by atoms with Crippen LogP contribution in [0.2, 0.25) is 0 Å². The van der Waals surface area contributed by atoms with Crippen LogP contribution < -0.4 is 0 Å². The Balaban J connectivity index is 2.58. The van der Waals surface area contributed by atoms with Gasteiger partial charge in [0.05, 0.1) is 0 Å². The van der Waals surface area contributed by atoms with Gasteiger partial charge in [-0.1, -0.05) is 13.8 Å². The first-order valence-corrected chi connectivity index (χ1v) is 6.23. The molecule has 0 N–H and O–H groups in total. The molecule has 0 radical (unpaired) electrons. The van der Waals surface area contributed by atoms with Crippen LogP contribution >= 0.6 is 11.6 Å². The van der Waals surface area contributed by atoms with E-state index in [0.29, 0.717) is 5.41 Å². The zero-order valence-electron chi connectivity index (χ0n) is 9.96. The Labute approximate surface area is 97.6 Å². The summed E-state index contributed by atoms with van der Waals surface area (Å²) < 4.78 is 1.95. The van der Waals surface area contributed by atoms with Crippen LogP contribution in [0.3, 0.4) is 0 Å². The van der Waals surface area contributed by atoms with Crippen molar-refractivity contribution in [3.8, 4) is 0 Å². The first kappa shape index (κ1) is 12.6. The normalized spacial score (nSPS) is 12.0. The van der Waals surface area contributed by atoms with Gasteiger partial charge in [0.1, 0.15) is 0 Å². The van der Waals surface area contributed by atoms with E-state index in [0.717, 1.165) is 31.6 Å². The predicted octanol–water partition coefficient (Wildman–Crippen LogP) is 3.40. The van der Waals surface area contributed by atoms with Gasteiger partial charge in [-0.3, -0.25) is 4.68 Å². The van der Waals surface area contributed by atoms with Crippen molar-refractivity contribution in [1.29, 1.82) is 0 Å². The lowest BCUT2D eigenvalue weighted by Crippen LogP contribution is -2.22. The molecular formula is C12H21ClN2. The van der Waals surface area contributed by atoms with Gasteiger partial charge in [-0.15, -0.1) is 11.6 Å². The summed E-state index contributed by atoms with van der Waals surface area (Å²) in [5, 5.41) is 4.18. The third kappa shape index (κ3) is 2.97. The summed E-state index contributed by atoms with van der Waals surface area (Å²) in [6.07, 6.45) is 6.40. The maximum Gasteiger partial charge on any atom is 0.0492 e. The van der Waals surface area contributed by atoms with Crippen LogP contribution in [0.4, 0.5) is 0 Å². The maximum atomic E-state index is 6.08. The largest absolute Gasteiger partial charge is 0.273 e. The molecule has 0 aliphatic carbocycles. The third-order valence-electron chi connectivity index (χ3n) is 3.62. The van der Waals surface area contributed by atoms with Crippen molar-refractivity contribution in [2.45, 2.75) is 39.5 Å². The van der Waals surface area contributed by atoms with Crippen LogP contribution in [0.15, 0.2) is 12.3 Å². The van der Waals surface area contributed by atoms with Crippen molar-refractivity contribution in [3.63, 3.8) is 0 Å². The van der Waals surface area contributed by atoms with E-state index in [1.807, 2.05) is 17.9 Å². The Morgan fingerprint density at radius 3 is 2.47 bits per heavy atom. The summed E-state index contributed by atoms with van der Waals surface area (Å²) in [5.41, 5.74) is 1.61. The summed E-state index contributed by atoms with van der Waals surface area (Å²) in [6.45, 7) is 4.46. The second kappa shape index (κ2) is 5.55. The van der Waals surface area contributed by atoms with Crippen LogP contribution in [0.25, 0.3) is 0 Å². The number of aromatic nitrogens is 2. The summed E-state index contributed by atoms with van der Waals surface area (Å²) >= 11 is 6.08. The number of hydrogen-bond acceptors (Lipinski definition) is 1. The highest BCUT2D eigenvalue weighted by molar-refractivity contribution is 6.18. The van der Waals surface area contributed by atoms with Gasteiger partial charge < -0.3 is 0 Å². The van der Waals surface area contributed by atoms with Crippen LogP contribution in [0.5, 0.6) is 0 Å². The molecule has 0 saturated carbocycles. The molecule has 1 heterocycles. The summed E-state index contributed by atoms with van der Waals surface area (Å²) in [6, 6.07) is 2.09. The molecule has 3 heteroatoms. The van der Waals surface area contributed by atoms with Crippen LogP contribution in [-0.4, -0.2) is 15.7 Å². The first-order chi connectivity index (χ1) is 7.17. The van der Waals surface area contributed by atoms with Crippen molar-refractivity contribution >= 4 is 11.6 Å². The van der Waals surface area contributed by atoms with Crippen molar-refractivity contribution in [3.05, 3.63) is 18.0 Å². The van der Waals surface area contributed by atoms with Crippen LogP contribution in [-0.2, 0) is 13.5 Å². The Bertz CT molecular complexity index is 281. The molecular weight excluding hydrogens is 208 g/mol. The molecule has 0 unspecified atom stereocenters. The van der Waals surface area contributed by atoms with Gasteiger partial charge in [-0.05, 0) is 37.2 Å². The minimum absolute atomic E-state index is 0.311. The zero-order chi connectivity index (χ0) is 11.3. The lowest BCUT2D eigenvalue weighted by atomic mass is 9.80. The fraction of sp³-hybridized carbons (Fsp3) is 0.750. The molecule has 2 nitrogen and oxygen atoms in total. The van der Waals surface area contributed by atoms with Crippen molar-refractivity contribution < 1.29 is 0 Å². The first-order valence-electron chi connectivity index (χ1n) is 5.70. The van der Waals surface area contributed by atoms with Gasteiger partial charge in [-0.25, -0.2) is 0 Å². The molecule has 15 heavy (non-hydrogen) atoms. The molecule has 1 rings (SSSR count). The van der Waals surface area contributed by atoms with E-state index in [1.165, 1.54) is 5.69 Å². The van der Waals surface area contributed by atoms with Crippen molar-refractivity contribution in [1.82, 2.24) is 9.78 Å². The average molecular weight is 229 g/mol. The molecule has 0 aliphatic rings. The molecule has 86 valence electrons. The smallest absolute Gasteiger partial charge is 0.0492 e. The van der Waals surface area contributed by atoms with E-state index in [2.05, 4.69) is 25.0 Å². The van der Waals surface area contributed by atoms with Gasteiger partial charge in [0.15, 0.2) is 0 Å². The number of rotatable bonds is 6. The van der Waals surface area contributed by atoms with Crippen LogP contribution in [0, 0.1) is 5.41 Å². The van der Waals surface area contributed by atoms with E-state index in [-0.39, 0.29) is 0 Å². The Morgan fingerprint density at radius 2 is 2.07 bits per heavy atom. The molecule has 1 aromatic heterocycles. The summed E-state index contributed by atoms with van der Waals surface area (Å²) in [7, 11) is 2.00. The highest BCUT2D eigenvalue weighted by atomic mass is 35.5. The number of hydrogen-bond donors (Lipinski definition) is 0. The molecule has 0 amide bonds. The summed E-state index contributed by atoms with van der Waals surface area (Å²) in [5.74, 6) is 0.762. The van der Waals surface area contributed by atoms with E-state index < -0.39 is 0 Å². The minimum atomic E-state index is 0.311. The lowest BCUT2D eigenvalue weighted by Gasteiger charge is -2.29. The number of halogens is 1. The highest BCUT2D eigenvalue weighted by Gasteiger charge is 2.24. The van der Waals surface area contributed by atoms with E-state index in [1.54, 1.807) is 0 Å². The topological polar surface area (TPSA) is 17.8 Å². The molecule has 0 aliphatic heterocycles. The molecule has 0 fully saturated rings. The van der Waals surface area contributed by atoms with Gasteiger partial charge in [0, 0.05) is 24.8 Å². The van der Waals surface area contributed by atoms with E-state index in [9.17, 15) is 0 Å². The third-order valence-corrected chi connectivity index (χ3v) is 4.18. The predicted molar refractivity (Wildman–Crippen MR) is 65.3 cm³/mol. The molecule has 1 aromatic rings. The maximum absolute atomic E-state index is 6.08. The second-order valence-corrected chi connectivity index (χ2v) is 4.55. The fourth-order valence-electron chi connectivity index (χ4n) is 1.90. The van der Waals surface area contributed by atoms with Gasteiger partial charge in [0.2, 0.25) is 0 Å². The lowest BCUT2D eigenvalue weighted by molar-refractivity contribution is 0.277. The number of alkyl halides is 1. The molecule has 0 saturated heterocycles.